The molecule has 0 aromatic heterocycles. The normalized spacial score (nSPS) is 12.5. The number of benzene rings is 3. The monoisotopic (exact) mass is 442 g/mol. The molecule has 0 saturated carbocycles. The summed E-state index contributed by atoms with van der Waals surface area (Å²) in [6.07, 6.45) is 0. The number of hydrogen-bond acceptors (Lipinski definition) is 6. The Labute approximate surface area is 180 Å². The highest BCUT2D eigenvalue weighted by Crippen LogP contribution is 2.51. The van der Waals surface area contributed by atoms with Crippen molar-refractivity contribution in [2.24, 2.45) is 0 Å². The molecule has 0 spiro atoms. The second-order valence-electron chi connectivity index (χ2n) is 6.82. The van der Waals surface area contributed by atoms with Crippen LogP contribution in [-0.4, -0.2) is 24.9 Å². The Bertz CT molecular complexity index is 1120. The minimum absolute atomic E-state index is 0.0541. The van der Waals surface area contributed by atoms with E-state index in [9.17, 15) is 14.3 Å². The van der Waals surface area contributed by atoms with E-state index in [-0.39, 0.29) is 34.3 Å². The number of carbonyl (C=O) groups excluding carboxylic acids is 1. The molecule has 0 bridgehead atoms. The minimum Gasteiger partial charge on any atom is -0.493 e. The Morgan fingerprint density at radius 3 is 2.03 bits per heavy atom. The first-order valence-electron chi connectivity index (χ1n) is 9.39. The maximum atomic E-state index is 13.1. The van der Waals surface area contributed by atoms with E-state index in [0.717, 1.165) is 11.1 Å². The minimum atomic E-state index is -4.57. The number of phosphoric ester groups is 1. The molecule has 1 N–H and O–H groups in total. The van der Waals surface area contributed by atoms with Gasteiger partial charge in [-0.2, -0.15) is 0 Å². The van der Waals surface area contributed by atoms with E-state index in [4.69, 9.17) is 18.5 Å². The third kappa shape index (κ3) is 5.26. The van der Waals surface area contributed by atoms with Crippen molar-refractivity contribution in [3.63, 3.8) is 0 Å². The predicted octanol–water partition coefficient (Wildman–Crippen LogP) is 5.11. The molecule has 162 valence electrons. The molecule has 8 heteroatoms. The first-order valence-corrected chi connectivity index (χ1v) is 10.9. The van der Waals surface area contributed by atoms with Crippen LogP contribution in [0.25, 0.3) is 0 Å². The molecule has 0 heterocycles. The van der Waals surface area contributed by atoms with Gasteiger partial charge in [0, 0.05) is 11.1 Å². The predicted molar refractivity (Wildman–Crippen MR) is 116 cm³/mol. The third-order valence-corrected chi connectivity index (χ3v) is 5.37. The number of aryl methyl sites for hydroxylation is 2. The van der Waals surface area contributed by atoms with Crippen LogP contribution in [0.1, 0.15) is 27.0 Å². The summed E-state index contributed by atoms with van der Waals surface area (Å²) < 4.78 is 33.5. The number of methoxy groups -OCH3 is 2. The van der Waals surface area contributed by atoms with Gasteiger partial charge < -0.3 is 18.5 Å². The quantitative estimate of drug-likeness (QED) is 0.383. The Morgan fingerprint density at radius 2 is 1.48 bits per heavy atom. The number of carbonyl (C=O) groups is 1. The maximum absolute atomic E-state index is 13.1. The number of phosphoric acid groups is 1. The van der Waals surface area contributed by atoms with E-state index in [1.54, 1.807) is 24.3 Å². The van der Waals surface area contributed by atoms with Crippen molar-refractivity contribution in [2.75, 3.05) is 14.2 Å². The summed E-state index contributed by atoms with van der Waals surface area (Å²) in [5, 5.41) is 0. The summed E-state index contributed by atoms with van der Waals surface area (Å²) in [7, 11) is -1.86. The standard InChI is InChI=1S/C23H23O7P/c1-15-10-11-19(16(2)12-15)22(24)17-13-20(27-3)23(21(14-17)28-4)30-31(25,26)29-18-8-6-5-7-9-18/h5-14H,1-4H3,(H,25,26). The fourth-order valence-corrected chi connectivity index (χ4v) is 3.91. The van der Waals surface area contributed by atoms with Gasteiger partial charge in [-0.3, -0.25) is 9.69 Å². The molecular formula is C23H23O7P. The fraction of sp³-hybridized carbons (Fsp3) is 0.174. The molecule has 3 aromatic carbocycles. The van der Waals surface area contributed by atoms with Gasteiger partial charge in [-0.1, -0.05) is 42.0 Å². The molecule has 31 heavy (non-hydrogen) atoms. The van der Waals surface area contributed by atoms with Crippen molar-refractivity contribution >= 4 is 13.6 Å². The van der Waals surface area contributed by atoms with Crippen LogP contribution in [-0.2, 0) is 4.57 Å². The average Bonchev–Trinajstić information content (AvgIpc) is 2.73. The van der Waals surface area contributed by atoms with Gasteiger partial charge in [0.05, 0.1) is 14.2 Å². The van der Waals surface area contributed by atoms with Gasteiger partial charge >= 0.3 is 7.82 Å². The van der Waals surface area contributed by atoms with Crippen molar-refractivity contribution in [1.29, 1.82) is 0 Å². The van der Waals surface area contributed by atoms with Crippen LogP contribution in [0.15, 0.2) is 60.7 Å². The van der Waals surface area contributed by atoms with Gasteiger partial charge in [-0.25, -0.2) is 4.57 Å². The summed E-state index contributed by atoms with van der Waals surface area (Å²) in [4.78, 5) is 23.3. The lowest BCUT2D eigenvalue weighted by atomic mass is 9.97. The molecule has 3 aromatic rings. The largest absolute Gasteiger partial charge is 0.585 e. The van der Waals surface area contributed by atoms with Gasteiger partial charge in [-0.05, 0) is 43.7 Å². The van der Waals surface area contributed by atoms with Crippen LogP contribution in [0.2, 0.25) is 0 Å². The lowest BCUT2D eigenvalue weighted by molar-refractivity contribution is 0.103. The molecule has 0 saturated heterocycles. The van der Waals surface area contributed by atoms with Gasteiger partial charge in [0.2, 0.25) is 5.75 Å². The lowest BCUT2D eigenvalue weighted by Gasteiger charge is -2.19. The molecular weight excluding hydrogens is 419 g/mol. The summed E-state index contributed by atoms with van der Waals surface area (Å²) in [6, 6.07) is 16.5. The van der Waals surface area contributed by atoms with Crippen LogP contribution in [0.4, 0.5) is 0 Å². The van der Waals surface area contributed by atoms with Crippen LogP contribution in [0, 0.1) is 13.8 Å². The summed E-state index contributed by atoms with van der Waals surface area (Å²) in [6.45, 7) is 3.80. The number of ketones is 1. The van der Waals surface area contributed by atoms with Crippen molar-refractivity contribution in [3.8, 4) is 23.0 Å². The molecule has 1 atom stereocenters. The lowest BCUT2D eigenvalue weighted by Crippen LogP contribution is -2.07. The zero-order valence-electron chi connectivity index (χ0n) is 17.6. The fourth-order valence-electron chi connectivity index (χ4n) is 3.07. The van der Waals surface area contributed by atoms with Crippen molar-refractivity contribution in [3.05, 3.63) is 82.9 Å². The van der Waals surface area contributed by atoms with Crippen LogP contribution in [0.5, 0.6) is 23.0 Å². The molecule has 0 aliphatic rings. The van der Waals surface area contributed by atoms with Gasteiger partial charge in [0.1, 0.15) is 5.75 Å². The highest BCUT2D eigenvalue weighted by Gasteiger charge is 2.30. The molecule has 3 rings (SSSR count). The molecule has 0 radical (unpaired) electrons. The molecule has 1 unspecified atom stereocenters. The molecule has 0 aliphatic heterocycles. The summed E-state index contributed by atoms with van der Waals surface area (Å²) in [5.74, 6) is -0.123. The van der Waals surface area contributed by atoms with E-state index in [1.807, 2.05) is 26.0 Å². The first kappa shape index (κ1) is 22.4. The van der Waals surface area contributed by atoms with Crippen LogP contribution < -0.4 is 18.5 Å². The molecule has 7 nitrogen and oxygen atoms in total. The summed E-state index contributed by atoms with van der Waals surface area (Å²) in [5.41, 5.74) is 2.69. The second-order valence-corrected chi connectivity index (χ2v) is 8.12. The van der Waals surface area contributed by atoms with Gasteiger partial charge in [0.25, 0.3) is 0 Å². The average molecular weight is 442 g/mol. The smallest absolute Gasteiger partial charge is 0.493 e. The molecule has 0 fully saturated rings. The number of ether oxygens (including phenoxy) is 2. The second kappa shape index (κ2) is 9.25. The van der Waals surface area contributed by atoms with E-state index in [2.05, 4.69) is 0 Å². The van der Waals surface area contributed by atoms with E-state index in [0.29, 0.717) is 5.56 Å². The van der Waals surface area contributed by atoms with E-state index >= 15 is 0 Å². The zero-order valence-corrected chi connectivity index (χ0v) is 18.5. The molecule has 0 aliphatic carbocycles. The first-order chi connectivity index (χ1) is 14.7. The van der Waals surface area contributed by atoms with Crippen LogP contribution in [0.3, 0.4) is 0 Å². The topological polar surface area (TPSA) is 91.3 Å². The number of hydrogen-bond donors (Lipinski definition) is 1. The number of para-hydroxylation sites is 1. The van der Waals surface area contributed by atoms with Crippen LogP contribution >= 0.6 is 7.82 Å². The Morgan fingerprint density at radius 1 is 0.871 bits per heavy atom. The van der Waals surface area contributed by atoms with Crippen molar-refractivity contribution in [2.45, 2.75) is 13.8 Å². The Balaban J connectivity index is 1.97. The van der Waals surface area contributed by atoms with E-state index < -0.39 is 7.82 Å². The third-order valence-electron chi connectivity index (χ3n) is 4.52. The van der Waals surface area contributed by atoms with Gasteiger partial charge in [0.15, 0.2) is 17.3 Å². The van der Waals surface area contributed by atoms with E-state index in [1.165, 1.54) is 38.5 Å². The van der Waals surface area contributed by atoms with Gasteiger partial charge in [-0.15, -0.1) is 0 Å². The SMILES string of the molecule is COc1cc(C(=O)c2ccc(C)cc2C)cc(OC)c1OP(=O)(O)Oc1ccccc1. The molecule has 0 amide bonds. The van der Waals surface area contributed by atoms with Crippen molar-refractivity contribution in [1.82, 2.24) is 0 Å². The Kier molecular flexibility index (Phi) is 6.68. The highest BCUT2D eigenvalue weighted by molar-refractivity contribution is 7.48. The zero-order chi connectivity index (χ0) is 22.6. The van der Waals surface area contributed by atoms with Crippen molar-refractivity contribution < 1.29 is 32.8 Å². The number of rotatable bonds is 8. The highest BCUT2D eigenvalue weighted by atomic mass is 31.2. The summed E-state index contributed by atoms with van der Waals surface area (Å²) >= 11 is 0. The Hall–Kier alpha value is -3.28. The maximum Gasteiger partial charge on any atom is 0.585 e.